The van der Waals surface area contributed by atoms with Crippen LogP contribution in [0.4, 0.5) is 5.82 Å². The third kappa shape index (κ3) is 3.80. The highest BCUT2D eigenvalue weighted by molar-refractivity contribution is 6.04. The highest BCUT2D eigenvalue weighted by Crippen LogP contribution is 2.24. The Morgan fingerprint density at radius 3 is 2.47 bits per heavy atom. The average molecular weight is 402 g/mol. The van der Waals surface area contributed by atoms with Crippen molar-refractivity contribution >= 4 is 17.4 Å². The van der Waals surface area contributed by atoms with E-state index in [-0.39, 0.29) is 5.91 Å². The molecule has 2 aromatic heterocycles. The van der Waals surface area contributed by atoms with Gasteiger partial charge in [-0.1, -0.05) is 42.5 Å². The molecule has 0 unspecified atom stereocenters. The number of anilines is 1. The van der Waals surface area contributed by atoms with Gasteiger partial charge in [-0.3, -0.25) is 4.79 Å². The summed E-state index contributed by atoms with van der Waals surface area (Å²) < 4.78 is 1.76. The zero-order chi connectivity index (χ0) is 21.3. The lowest BCUT2D eigenvalue weighted by Crippen LogP contribution is -2.25. The number of carbonyl (C=O) groups excluding carboxylic acids is 1. The standard InChI is InChI=1S/C23H22N4O3/c1-15-12-21-24-20(13-19(27(21)26-15)16-6-4-3-5-7-16)25-22(29)17-8-10-18(11-9-17)23(2,30)14-28/h3-13,28,30H,14H2,1-2H3,(H,24,25,29)/t23-/m0/s1. The molecule has 0 aliphatic heterocycles. The number of carbonyl (C=O) groups is 1. The molecule has 1 amide bonds. The molecule has 7 nitrogen and oxygen atoms in total. The molecule has 0 aliphatic carbocycles. The number of rotatable bonds is 5. The average Bonchev–Trinajstić information content (AvgIpc) is 3.14. The minimum Gasteiger partial charge on any atom is -0.393 e. The maximum absolute atomic E-state index is 12.7. The fourth-order valence-electron chi connectivity index (χ4n) is 3.23. The number of aliphatic hydroxyl groups excluding tert-OH is 1. The predicted molar refractivity (Wildman–Crippen MR) is 114 cm³/mol. The smallest absolute Gasteiger partial charge is 0.256 e. The maximum atomic E-state index is 12.7. The molecule has 0 saturated carbocycles. The molecular formula is C23H22N4O3. The highest BCUT2D eigenvalue weighted by atomic mass is 16.3. The zero-order valence-electron chi connectivity index (χ0n) is 16.7. The molecular weight excluding hydrogens is 380 g/mol. The second-order valence-corrected chi connectivity index (χ2v) is 7.41. The largest absolute Gasteiger partial charge is 0.393 e. The Labute approximate surface area is 173 Å². The first-order valence-corrected chi connectivity index (χ1v) is 9.55. The van der Waals surface area contributed by atoms with Crippen molar-refractivity contribution in [1.82, 2.24) is 14.6 Å². The monoisotopic (exact) mass is 402 g/mol. The number of aliphatic hydroxyl groups is 2. The number of nitrogens with one attached hydrogen (secondary N) is 1. The van der Waals surface area contributed by atoms with Gasteiger partial charge in [-0.05, 0) is 31.5 Å². The van der Waals surface area contributed by atoms with Crippen LogP contribution in [0, 0.1) is 6.92 Å². The highest BCUT2D eigenvalue weighted by Gasteiger charge is 2.22. The molecule has 0 fully saturated rings. The minimum atomic E-state index is -1.36. The summed E-state index contributed by atoms with van der Waals surface area (Å²) >= 11 is 0. The number of hydrogen-bond donors (Lipinski definition) is 3. The van der Waals surface area contributed by atoms with Gasteiger partial charge in [-0.15, -0.1) is 0 Å². The van der Waals surface area contributed by atoms with Gasteiger partial charge in [0.2, 0.25) is 0 Å². The Bertz CT molecular complexity index is 1200. The van der Waals surface area contributed by atoms with Crippen molar-refractivity contribution in [2.24, 2.45) is 0 Å². The molecule has 3 N–H and O–H groups in total. The van der Waals surface area contributed by atoms with Gasteiger partial charge in [0.25, 0.3) is 5.91 Å². The van der Waals surface area contributed by atoms with Crippen LogP contribution < -0.4 is 5.32 Å². The van der Waals surface area contributed by atoms with E-state index >= 15 is 0 Å². The van der Waals surface area contributed by atoms with Crippen LogP contribution in [0.5, 0.6) is 0 Å². The number of benzene rings is 2. The van der Waals surface area contributed by atoms with E-state index in [2.05, 4.69) is 15.4 Å². The van der Waals surface area contributed by atoms with Gasteiger partial charge in [0.1, 0.15) is 11.4 Å². The quantitative estimate of drug-likeness (QED) is 0.476. The van der Waals surface area contributed by atoms with Crippen LogP contribution in [0.2, 0.25) is 0 Å². The third-order valence-corrected chi connectivity index (χ3v) is 4.94. The second-order valence-electron chi connectivity index (χ2n) is 7.41. The van der Waals surface area contributed by atoms with E-state index in [1.54, 1.807) is 34.8 Å². The van der Waals surface area contributed by atoms with E-state index in [9.17, 15) is 15.0 Å². The number of aromatic nitrogens is 3. The van der Waals surface area contributed by atoms with Crippen molar-refractivity contribution in [3.63, 3.8) is 0 Å². The Morgan fingerprint density at radius 1 is 1.10 bits per heavy atom. The fraction of sp³-hybridized carbons (Fsp3) is 0.174. The summed E-state index contributed by atoms with van der Waals surface area (Å²) in [6.07, 6.45) is 0. The van der Waals surface area contributed by atoms with E-state index in [0.29, 0.717) is 22.6 Å². The SMILES string of the molecule is Cc1cc2nc(NC(=O)c3ccc([C@@](C)(O)CO)cc3)cc(-c3ccccc3)n2n1. The van der Waals surface area contributed by atoms with Gasteiger partial charge in [-0.25, -0.2) is 9.50 Å². The molecule has 152 valence electrons. The number of nitrogens with zero attached hydrogens (tertiary/aromatic N) is 3. The first kappa shape index (κ1) is 19.8. The van der Waals surface area contributed by atoms with Crippen LogP contribution in [0.3, 0.4) is 0 Å². The van der Waals surface area contributed by atoms with Crippen LogP contribution >= 0.6 is 0 Å². The van der Waals surface area contributed by atoms with Gasteiger partial charge in [0.05, 0.1) is 18.0 Å². The van der Waals surface area contributed by atoms with Gasteiger partial charge >= 0.3 is 0 Å². The molecule has 1 atom stereocenters. The lowest BCUT2D eigenvalue weighted by Gasteiger charge is -2.20. The molecule has 0 radical (unpaired) electrons. The van der Waals surface area contributed by atoms with Crippen molar-refractivity contribution in [3.8, 4) is 11.3 Å². The summed E-state index contributed by atoms with van der Waals surface area (Å²) in [5.41, 5.74) is 2.83. The van der Waals surface area contributed by atoms with Crippen molar-refractivity contribution in [2.45, 2.75) is 19.4 Å². The molecule has 30 heavy (non-hydrogen) atoms. The molecule has 0 spiro atoms. The molecule has 0 bridgehead atoms. The van der Waals surface area contributed by atoms with E-state index in [0.717, 1.165) is 17.0 Å². The van der Waals surface area contributed by atoms with Crippen molar-refractivity contribution in [2.75, 3.05) is 11.9 Å². The fourth-order valence-corrected chi connectivity index (χ4v) is 3.23. The van der Waals surface area contributed by atoms with Crippen LogP contribution in [0.25, 0.3) is 16.9 Å². The minimum absolute atomic E-state index is 0.322. The van der Waals surface area contributed by atoms with Crippen molar-refractivity contribution < 1.29 is 15.0 Å². The van der Waals surface area contributed by atoms with Crippen molar-refractivity contribution in [1.29, 1.82) is 0 Å². The predicted octanol–water partition coefficient (Wildman–Crippen LogP) is 3.16. The van der Waals surface area contributed by atoms with Gasteiger partial charge in [0.15, 0.2) is 5.65 Å². The van der Waals surface area contributed by atoms with Gasteiger partial charge in [0, 0.05) is 23.3 Å². The van der Waals surface area contributed by atoms with Crippen LogP contribution in [-0.2, 0) is 5.60 Å². The van der Waals surface area contributed by atoms with Crippen molar-refractivity contribution in [3.05, 3.63) is 83.6 Å². The Morgan fingerprint density at radius 2 is 1.80 bits per heavy atom. The summed E-state index contributed by atoms with van der Waals surface area (Å²) in [5.74, 6) is 0.0926. The summed E-state index contributed by atoms with van der Waals surface area (Å²) in [6, 6.07) is 19.9. The first-order valence-electron chi connectivity index (χ1n) is 9.55. The third-order valence-electron chi connectivity index (χ3n) is 4.94. The lowest BCUT2D eigenvalue weighted by molar-refractivity contribution is -0.00229. The zero-order valence-corrected chi connectivity index (χ0v) is 16.7. The second kappa shape index (κ2) is 7.70. The molecule has 4 aromatic rings. The lowest BCUT2D eigenvalue weighted by atomic mass is 9.96. The molecule has 0 saturated heterocycles. The topological polar surface area (TPSA) is 99.8 Å². The maximum Gasteiger partial charge on any atom is 0.256 e. The van der Waals surface area contributed by atoms with Gasteiger partial charge < -0.3 is 15.5 Å². The molecule has 7 heteroatoms. The molecule has 2 aromatic carbocycles. The summed E-state index contributed by atoms with van der Waals surface area (Å²) in [6.45, 7) is 3.00. The van der Waals surface area contributed by atoms with Crippen LogP contribution in [-0.4, -0.2) is 37.3 Å². The van der Waals surface area contributed by atoms with Crippen LogP contribution in [0.15, 0.2) is 66.7 Å². The summed E-state index contributed by atoms with van der Waals surface area (Å²) in [5, 5.41) is 26.8. The molecule has 2 heterocycles. The Hall–Kier alpha value is -3.55. The summed E-state index contributed by atoms with van der Waals surface area (Å²) in [4.78, 5) is 17.3. The first-order chi connectivity index (χ1) is 14.4. The Kier molecular flexibility index (Phi) is 5.07. The normalized spacial score (nSPS) is 13.2. The van der Waals surface area contributed by atoms with E-state index in [4.69, 9.17) is 0 Å². The Balaban J connectivity index is 1.66. The molecule has 0 aliphatic rings. The number of hydrogen-bond acceptors (Lipinski definition) is 5. The molecule has 4 rings (SSSR count). The van der Waals surface area contributed by atoms with E-state index < -0.39 is 12.2 Å². The van der Waals surface area contributed by atoms with E-state index in [1.165, 1.54) is 6.92 Å². The number of amides is 1. The summed E-state index contributed by atoms with van der Waals surface area (Å²) in [7, 11) is 0. The van der Waals surface area contributed by atoms with E-state index in [1.807, 2.05) is 43.3 Å². The number of aryl methyl sites for hydroxylation is 1. The number of fused-ring (bicyclic) bond motifs is 1. The van der Waals surface area contributed by atoms with Gasteiger partial charge in [-0.2, -0.15) is 5.10 Å². The van der Waals surface area contributed by atoms with Crippen LogP contribution in [0.1, 0.15) is 28.5 Å².